The maximum atomic E-state index is 13.3. The lowest BCUT2D eigenvalue weighted by atomic mass is 9.93. The predicted molar refractivity (Wildman–Crippen MR) is 253 cm³/mol. The normalized spacial score (nSPS) is 13.3. The van der Waals surface area contributed by atoms with Crippen LogP contribution in [-0.4, -0.2) is 37.8 Å². The molecule has 1 heterocycles. The van der Waals surface area contributed by atoms with Crippen molar-refractivity contribution in [2.75, 3.05) is 16.0 Å². The number of amides is 2. The molecule has 1 aliphatic carbocycles. The molecule has 0 saturated heterocycles. The summed E-state index contributed by atoms with van der Waals surface area (Å²) in [6.07, 6.45) is 3.15. The Bertz CT molecular complexity index is 3100. The number of hydrogen-bond donors (Lipinski definition) is 5. The van der Waals surface area contributed by atoms with Gasteiger partial charge in [-0.1, -0.05) is 70.9 Å². The van der Waals surface area contributed by atoms with Crippen molar-refractivity contribution in [2.45, 2.75) is 105 Å². The van der Waals surface area contributed by atoms with Crippen LogP contribution in [0, 0.1) is 53.4 Å². The van der Waals surface area contributed by atoms with Crippen molar-refractivity contribution >= 4 is 71.5 Å². The standard InChI is InChI=1S/C49H56N4O9S2/c1-11-15-26(3)48(54)52-46-30(7)21-28(5)44(32(46)9)50-34-19-20-35-39(23-34)62-40-25-38(51-45-29(6)22-31(8)47(33(45)10)53-49(55)27(4)16-12-2)42(64(59,60)61)24-37(40)43(35)36-17-13-14-18-41(36)63(56,57)58/h13-14,17-27,50H,11-12,15-16H2,1-10H3,(H,52,54)(H,53,55)(H,56,57,58)(H,59,60,61)/b51-38+. The van der Waals surface area contributed by atoms with Gasteiger partial charge in [0.2, 0.25) is 11.8 Å². The van der Waals surface area contributed by atoms with E-state index in [0.29, 0.717) is 45.7 Å². The summed E-state index contributed by atoms with van der Waals surface area (Å²) in [4.78, 5) is 30.1. The second-order valence-corrected chi connectivity index (χ2v) is 19.6. The maximum Gasteiger partial charge on any atom is 0.296 e. The summed E-state index contributed by atoms with van der Waals surface area (Å²) in [6.45, 7) is 19.0. The molecule has 13 nitrogen and oxygen atoms in total. The molecule has 4 aromatic carbocycles. The molecule has 1 aliphatic heterocycles. The number of hydrogen-bond acceptors (Lipinski definition) is 9. The lowest BCUT2D eigenvalue weighted by Gasteiger charge is -2.21. The molecule has 5 N–H and O–H groups in total. The largest absolute Gasteiger partial charge is 0.456 e. The number of fused-ring (bicyclic) bond motifs is 2. The molecular weight excluding hydrogens is 853 g/mol. The number of aryl methyl sites for hydroxylation is 4. The molecule has 0 saturated carbocycles. The molecule has 338 valence electrons. The van der Waals surface area contributed by atoms with Crippen LogP contribution >= 0.6 is 0 Å². The van der Waals surface area contributed by atoms with Gasteiger partial charge in [0.05, 0.1) is 11.0 Å². The first-order valence-corrected chi connectivity index (χ1v) is 24.2. The molecule has 2 amide bonds. The van der Waals surface area contributed by atoms with E-state index in [1.807, 2.05) is 67.5 Å². The van der Waals surface area contributed by atoms with Gasteiger partial charge >= 0.3 is 0 Å². The van der Waals surface area contributed by atoms with Crippen molar-refractivity contribution in [3.05, 3.63) is 105 Å². The van der Waals surface area contributed by atoms with Crippen LogP contribution in [0.15, 0.2) is 85.9 Å². The highest BCUT2D eigenvalue weighted by Gasteiger charge is 2.28. The van der Waals surface area contributed by atoms with Crippen LogP contribution in [-0.2, 0) is 29.8 Å². The lowest BCUT2D eigenvalue weighted by Crippen LogP contribution is -2.21. The fourth-order valence-corrected chi connectivity index (χ4v) is 9.80. The number of rotatable bonds is 14. The molecular formula is C49H56N4O9S2. The number of nitrogens with zero attached hydrogens (tertiary/aromatic N) is 1. The zero-order valence-corrected chi connectivity index (χ0v) is 39.5. The summed E-state index contributed by atoms with van der Waals surface area (Å²) < 4.78 is 80.0. The minimum absolute atomic E-state index is 0.0494. The van der Waals surface area contributed by atoms with E-state index in [1.165, 1.54) is 30.3 Å². The predicted octanol–water partition coefficient (Wildman–Crippen LogP) is 11.3. The van der Waals surface area contributed by atoms with Crippen molar-refractivity contribution in [2.24, 2.45) is 16.8 Å². The molecule has 0 aromatic heterocycles. The third-order valence-corrected chi connectivity index (χ3v) is 13.5. The number of nitrogens with one attached hydrogen (secondary N) is 3. The Labute approximate surface area is 375 Å². The van der Waals surface area contributed by atoms with E-state index < -0.39 is 30.0 Å². The highest BCUT2D eigenvalue weighted by Crippen LogP contribution is 2.44. The summed E-state index contributed by atoms with van der Waals surface area (Å²) in [5, 5.41) is 9.82. The monoisotopic (exact) mass is 908 g/mol. The van der Waals surface area contributed by atoms with Gasteiger partial charge in [0, 0.05) is 68.8 Å². The van der Waals surface area contributed by atoms with E-state index in [1.54, 1.807) is 38.1 Å². The smallest absolute Gasteiger partial charge is 0.296 e. The number of carbonyl (C=O) groups is 2. The van der Waals surface area contributed by atoms with Gasteiger partial charge in [0.25, 0.3) is 20.2 Å². The van der Waals surface area contributed by atoms with E-state index in [4.69, 9.17) is 9.41 Å². The quantitative estimate of drug-likeness (QED) is 0.0516. The zero-order chi connectivity index (χ0) is 47.0. The molecule has 0 fully saturated rings. The average molecular weight is 909 g/mol. The van der Waals surface area contributed by atoms with Gasteiger partial charge < -0.3 is 20.4 Å². The molecule has 0 radical (unpaired) electrons. The first-order valence-electron chi connectivity index (χ1n) is 21.3. The summed E-state index contributed by atoms with van der Waals surface area (Å²) in [5.41, 5.74) is 8.19. The fraction of sp³-hybridized carbons (Fsp3) is 0.327. The van der Waals surface area contributed by atoms with E-state index in [9.17, 15) is 35.5 Å². The van der Waals surface area contributed by atoms with Gasteiger partial charge in [-0.25, -0.2) is 4.99 Å². The molecule has 64 heavy (non-hydrogen) atoms. The minimum atomic E-state index is -5.00. The topological polar surface area (TPSA) is 204 Å². The molecule has 4 aromatic rings. The van der Waals surface area contributed by atoms with Gasteiger partial charge in [-0.3, -0.25) is 18.7 Å². The SMILES string of the molecule is CCCC(C)C(=O)Nc1c(C)cc(C)c(/N=c2\cc3oc4cc(Nc5c(C)cc(C)c(NC(=O)C(C)CCC)c5C)ccc4c(-c4ccccc4S(=O)(=O)O)c-3cc2S(=O)(=O)O)c1C. The van der Waals surface area contributed by atoms with Crippen LogP contribution in [0.2, 0.25) is 0 Å². The van der Waals surface area contributed by atoms with Gasteiger partial charge in [0.15, 0.2) is 0 Å². The first kappa shape index (κ1) is 47.6. The van der Waals surface area contributed by atoms with Crippen LogP contribution in [0.3, 0.4) is 0 Å². The lowest BCUT2D eigenvalue weighted by molar-refractivity contribution is -0.120. The third kappa shape index (κ3) is 9.77. The Morgan fingerprint density at radius 2 is 1.20 bits per heavy atom. The maximum absolute atomic E-state index is 13.3. The number of benzene rings is 5. The summed E-state index contributed by atoms with van der Waals surface area (Å²) in [6, 6.07) is 17.3. The van der Waals surface area contributed by atoms with Gasteiger partial charge in [-0.2, -0.15) is 16.8 Å². The summed E-state index contributed by atoms with van der Waals surface area (Å²) in [7, 11) is -9.81. The van der Waals surface area contributed by atoms with E-state index >= 15 is 0 Å². The fourth-order valence-electron chi connectivity index (χ4n) is 8.46. The Morgan fingerprint density at radius 1 is 0.656 bits per heavy atom. The third-order valence-electron chi connectivity index (χ3n) is 11.8. The highest BCUT2D eigenvalue weighted by molar-refractivity contribution is 7.86. The van der Waals surface area contributed by atoms with Crippen molar-refractivity contribution in [3.8, 4) is 22.5 Å². The molecule has 0 spiro atoms. The Hall–Kier alpha value is -5.87. The molecule has 2 aliphatic rings. The van der Waals surface area contributed by atoms with Crippen LogP contribution in [0.4, 0.5) is 28.4 Å². The van der Waals surface area contributed by atoms with Crippen LogP contribution in [0.1, 0.15) is 86.8 Å². The van der Waals surface area contributed by atoms with Gasteiger partial charge in [-0.05, 0) is 112 Å². The van der Waals surface area contributed by atoms with Gasteiger partial charge in [0.1, 0.15) is 21.1 Å². The van der Waals surface area contributed by atoms with Crippen LogP contribution in [0.5, 0.6) is 0 Å². The van der Waals surface area contributed by atoms with Crippen molar-refractivity contribution in [1.82, 2.24) is 0 Å². The summed E-state index contributed by atoms with van der Waals surface area (Å²) >= 11 is 0. The number of carbonyl (C=O) groups excluding carboxylic acids is 2. The minimum Gasteiger partial charge on any atom is -0.456 e. The molecule has 6 rings (SSSR count). The second kappa shape index (κ2) is 18.7. The zero-order valence-electron chi connectivity index (χ0n) is 37.8. The van der Waals surface area contributed by atoms with Crippen molar-refractivity contribution in [1.29, 1.82) is 0 Å². The van der Waals surface area contributed by atoms with Crippen LogP contribution in [0.25, 0.3) is 33.4 Å². The number of anilines is 4. The Kier molecular flexibility index (Phi) is 13.9. The molecule has 2 atom stereocenters. The second-order valence-electron chi connectivity index (χ2n) is 16.8. The molecule has 15 heteroatoms. The molecule has 0 bridgehead atoms. The highest BCUT2D eigenvalue weighted by atomic mass is 32.2. The van der Waals surface area contributed by atoms with Gasteiger partial charge in [-0.15, -0.1) is 0 Å². The molecule has 2 unspecified atom stereocenters. The van der Waals surface area contributed by atoms with Crippen LogP contribution < -0.4 is 21.3 Å². The van der Waals surface area contributed by atoms with E-state index in [-0.39, 0.29) is 57.0 Å². The van der Waals surface area contributed by atoms with E-state index in [0.717, 1.165) is 47.2 Å². The summed E-state index contributed by atoms with van der Waals surface area (Å²) in [5.74, 6) is -0.582. The Balaban J connectivity index is 1.62. The van der Waals surface area contributed by atoms with E-state index in [2.05, 4.69) is 16.0 Å². The van der Waals surface area contributed by atoms with Crippen molar-refractivity contribution < 1.29 is 39.9 Å². The first-order chi connectivity index (χ1) is 30.0. The average Bonchev–Trinajstić information content (AvgIpc) is 3.22. The van der Waals surface area contributed by atoms with Crippen molar-refractivity contribution in [3.63, 3.8) is 0 Å². The Morgan fingerprint density at radius 3 is 1.78 bits per heavy atom.